The van der Waals surface area contributed by atoms with E-state index in [0.29, 0.717) is 11.5 Å². The van der Waals surface area contributed by atoms with E-state index in [-0.39, 0.29) is 0 Å². The summed E-state index contributed by atoms with van der Waals surface area (Å²) in [5, 5.41) is 3.44. The minimum atomic E-state index is 0.578. The van der Waals surface area contributed by atoms with E-state index in [9.17, 15) is 0 Å². The highest BCUT2D eigenvalue weighted by Crippen LogP contribution is 2.60. The largest absolute Gasteiger partial charge is 0.313 e. The topological polar surface area (TPSA) is 12.0 Å². The first-order valence-corrected chi connectivity index (χ1v) is 5.54. The molecule has 2 aliphatic rings. The molecule has 74 valence electrons. The van der Waals surface area contributed by atoms with Gasteiger partial charge in [0, 0.05) is 6.04 Å². The van der Waals surface area contributed by atoms with E-state index in [4.69, 9.17) is 0 Å². The van der Waals surface area contributed by atoms with Gasteiger partial charge < -0.3 is 5.32 Å². The third-order valence-electron chi connectivity index (χ3n) is 4.01. The molecule has 1 N–H and O–H groups in total. The third-order valence-corrected chi connectivity index (χ3v) is 4.01. The van der Waals surface area contributed by atoms with Crippen molar-refractivity contribution in [1.82, 2.24) is 5.32 Å². The van der Waals surface area contributed by atoms with Gasteiger partial charge in [0.25, 0.3) is 0 Å². The lowest BCUT2D eigenvalue weighted by Crippen LogP contribution is -2.13. The number of nitrogens with one attached hydrogen (secondary N) is 1. The zero-order valence-electron chi connectivity index (χ0n) is 8.93. The lowest BCUT2D eigenvalue weighted by atomic mass is 9.94. The number of rotatable bonds is 1. The first-order chi connectivity index (χ1) is 6.77. The summed E-state index contributed by atoms with van der Waals surface area (Å²) < 4.78 is 0. The van der Waals surface area contributed by atoms with Crippen LogP contribution in [-0.2, 0) is 5.41 Å². The van der Waals surface area contributed by atoms with Crippen LogP contribution >= 0.6 is 0 Å². The smallest absolute Gasteiger partial charge is 0.0329 e. The van der Waals surface area contributed by atoms with Gasteiger partial charge in [0.05, 0.1) is 0 Å². The fraction of sp³-hybridized carbons (Fsp3) is 0.538. The lowest BCUT2D eigenvalue weighted by Gasteiger charge is -2.10. The molecule has 0 heterocycles. The quantitative estimate of drug-likeness (QED) is 0.712. The second-order valence-electron chi connectivity index (χ2n) is 4.86. The van der Waals surface area contributed by atoms with E-state index in [0.717, 1.165) is 0 Å². The average molecular weight is 187 g/mol. The zero-order chi connectivity index (χ0) is 9.76. The number of fused-ring (bicyclic) bond motifs is 2. The molecule has 1 fully saturated rings. The minimum Gasteiger partial charge on any atom is -0.313 e. The molecule has 1 unspecified atom stereocenters. The maximum absolute atomic E-state index is 3.44. The van der Waals surface area contributed by atoms with E-state index in [1.165, 1.54) is 24.8 Å². The predicted octanol–water partition coefficient (Wildman–Crippen LogP) is 2.69. The zero-order valence-corrected chi connectivity index (χ0v) is 8.93. The SMILES string of the molecule is CNC1CC2(CC2)c2c(C)cccc21. The van der Waals surface area contributed by atoms with Gasteiger partial charge in [-0.2, -0.15) is 0 Å². The highest BCUT2D eigenvalue weighted by Gasteiger charge is 2.52. The first-order valence-electron chi connectivity index (χ1n) is 5.54. The number of hydrogen-bond acceptors (Lipinski definition) is 1. The number of hydrogen-bond donors (Lipinski definition) is 1. The predicted molar refractivity (Wildman–Crippen MR) is 58.5 cm³/mol. The summed E-state index contributed by atoms with van der Waals surface area (Å²) >= 11 is 0. The Balaban J connectivity index is 2.18. The van der Waals surface area contributed by atoms with Crippen molar-refractivity contribution in [3.05, 3.63) is 34.9 Å². The van der Waals surface area contributed by atoms with Gasteiger partial charge in [-0.05, 0) is 55.3 Å². The molecule has 0 amide bonds. The van der Waals surface area contributed by atoms with Gasteiger partial charge in [-0.15, -0.1) is 0 Å². The van der Waals surface area contributed by atoms with E-state index in [2.05, 4.69) is 37.5 Å². The molecule has 1 aromatic rings. The fourth-order valence-electron chi connectivity index (χ4n) is 3.17. The summed E-state index contributed by atoms with van der Waals surface area (Å²) in [6.45, 7) is 2.26. The highest BCUT2D eigenvalue weighted by atomic mass is 14.9. The van der Waals surface area contributed by atoms with Crippen LogP contribution in [0.3, 0.4) is 0 Å². The van der Waals surface area contributed by atoms with E-state index in [1.54, 1.807) is 11.1 Å². The minimum absolute atomic E-state index is 0.578. The highest BCUT2D eigenvalue weighted by molar-refractivity contribution is 5.50. The lowest BCUT2D eigenvalue weighted by molar-refractivity contribution is 0.526. The molecule has 0 aliphatic heterocycles. The number of aryl methyl sites for hydroxylation is 1. The molecule has 3 rings (SSSR count). The summed E-state index contributed by atoms with van der Waals surface area (Å²) in [6.07, 6.45) is 4.13. The Kier molecular flexibility index (Phi) is 1.58. The molecule has 2 aliphatic carbocycles. The molecular formula is C13H17N. The second-order valence-corrected chi connectivity index (χ2v) is 4.86. The summed E-state index contributed by atoms with van der Waals surface area (Å²) in [5.41, 5.74) is 5.30. The molecule has 0 saturated heterocycles. The van der Waals surface area contributed by atoms with Crippen LogP contribution in [0.1, 0.15) is 42.0 Å². The third kappa shape index (κ3) is 0.936. The van der Waals surface area contributed by atoms with E-state index >= 15 is 0 Å². The molecule has 0 bridgehead atoms. The Morgan fingerprint density at radius 2 is 2.14 bits per heavy atom. The molecule has 1 spiro atoms. The van der Waals surface area contributed by atoms with Crippen molar-refractivity contribution in [3.63, 3.8) is 0 Å². The van der Waals surface area contributed by atoms with Crippen LogP contribution in [0.4, 0.5) is 0 Å². The summed E-state index contributed by atoms with van der Waals surface area (Å²) in [7, 11) is 2.08. The Morgan fingerprint density at radius 1 is 1.36 bits per heavy atom. The van der Waals surface area contributed by atoms with Gasteiger partial charge in [0.1, 0.15) is 0 Å². The van der Waals surface area contributed by atoms with Crippen LogP contribution < -0.4 is 5.32 Å². The summed E-state index contributed by atoms with van der Waals surface area (Å²) in [4.78, 5) is 0. The van der Waals surface area contributed by atoms with Crippen molar-refractivity contribution < 1.29 is 0 Å². The molecule has 0 aromatic heterocycles. The average Bonchev–Trinajstić information content (AvgIpc) is 2.85. The van der Waals surface area contributed by atoms with Crippen molar-refractivity contribution in [2.24, 2.45) is 0 Å². The second kappa shape index (κ2) is 2.60. The Bertz CT molecular complexity index is 377. The standard InChI is InChI=1S/C13H17N/c1-9-4-3-5-10-11(14-2)8-13(6-7-13)12(9)10/h3-5,11,14H,6-8H2,1-2H3. The maximum atomic E-state index is 3.44. The van der Waals surface area contributed by atoms with Crippen molar-refractivity contribution in [1.29, 1.82) is 0 Å². The van der Waals surface area contributed by atoms with Gasteiger partial charge in [0.15, 0.2) is 0 Å². The molecule has 1 nitrogen and oxygen atoms in total. The van der Waals surface area contributed by atoms with Gasteiger partial charge in [-0.25, -0.2) is 0 Å². The van der Waals surface area contributed by atoms with Crippen LogP contribution in [0, 0.1) is 6.92 Å². The molecular weight excluding hydrogens is 170 g/mol. The Morgan fingerprint density at radius 3 is 2.79 bits per heavy atom. The van der Waals surface area contributed by atoms with Crippen LogP contribution in [0.25, 0.3) is 0 Å². The molecule has 14 heavy (non-hydrogen) atoms. The van der Waals surface area contributed by atoms with Crippen molar-refractivity contribution >= 4 is 0 Å². The van der Waals surface area contributed by atoms with Crippen molar-refractivity contribution in [2.45, 2.75) is 37.6 Å². The monoisotopic (exact) mass is 187 g/mol. The Labute approximate surface area is 85.5 Å². The maximum Gasteiger partial charge on any atom is 0.0329 e. The van der Waals surface area contributed by atoms with Crippen LogP contribution in [0.15, 0.2) is 18.2 Å². The van der Waals surface area contributed by atoms with Gasteiger partial charge in [-0.1, -0.05) is 18.2 Å². The molecule has 1 heteroatoms. The summed E-state index contributed by atoms with van der Waals surface area (Å²) in [5.74, 6) is 0. The molecule has 0 radical (unpaired) electrons. The van der Waals surface area contributed by atoms with Gasteiger partial charge in [-0.3, -0.25) is 0 Å². The molecule has 1 aromatic carbocycles. The van der Waals surface area contributed by atoms with Gasteiger partial charge >= 0.3 is 0 Å². The van der Waals surface area contributed by atoms with E-state index < -0.39 is 0 Å². The van der Waals surface area contributed by atoms with Gasteiger partial charge in [0.2, 0.25) is 0 Å². The Hall–Kier alpha value is -0.820. The van der Waals surface area contributed by atoms with Crippen molar-refractivity contribution in [2.75, 3.05) is 7.05 Å². The molecule has 1 saturated carbocycles. The van der Waals surface area contributed by atoms with Crippen LogP contribution in [0.5, 0.6) is 0 Å². The van der Waals surface area contributed by atoms with E-state index in [1.807, 2.05) is 0 Å². The first kappa shape index (κ1) is 8.49. The molecule has 1 atom stereocenters. The van der Waals surface area contributed by atoms with Crippen LogP contribution in [0.2, 0.25) is 0 Å². The fourth-order valence-corrected chi connectivity index (χ4v) is 3.17. The van der Waals surface area contributed by atoms with Crippen molar-refractivity contribution in [3.8, 4) is 0 Å². The number of benzene rings is 1. The normalized spacial score (nSPS) is 26.6. The summed E-state index contributed by atoms with van der Waals surface area (Å²) in [6, 6.07) is 7.36. The van der Waals surface area contributed by atoms with Crippen LogP contribution in [-0.4, -0.2) is 7.05 Å².